The molecule has 0 spiro atoms. The molecule has 4 nitrogen and oxygen atoms in total. The number of rotatable bonds is 5. The molecule has 0 atom stereocenters. The average Bonchev–Trinajstić information content (AvgIpc) is 3.72. The van der Waals surface area contributed by atoms with Gasteiger partial charge in [-0.2, -0.15) is 0 Å². The molecule has 3 heterocycles. The van der Waals surface area contributed by atoms with E-state index in [4.69, 9.17) is 9.97 Å². The summed E-state index contributed by atoms with van der Waals surface area (Å²) in [5, 5.41) is 4.09. The van der Waals surface area contributed by atoms with Crippen molar-refractivity contribution in [2.75, 3.05) is 0 Å². The Morgan fingerprint density at radius 3 is 1.56 bits per heavy atom. The Morgan fingerprint density at radius 2 is 0.923 bits per heavy atom. The van der Waals surface area contributed by atoms with Crippen molar-refractivity contribution >= 4 is 43.6 Å². The van der Waals surface area contributed by atoms with Gasteiger partial charge in [-0.05, 0) is 54.6 Å². The quantitative estimate of drug-likeness (QED) is 0.182. The summed E-state index contributed by atoms with van der Waals surface area (Å²) in [5.41, 5.74) is 9.51. The topological polar surface area (TPSA) is 35.6 Å². The summed E-state index contributed by atoms with van der Waals surface area (Å²) in [6.07, 6.45) is 0. The average molecular weight is 675 g/mol. The maximum atomic E-state index is 15.4. The van der Waals surface area contributed by atoms with Crippen molar-refractivity contribution in [3.8, 4) is 45.3 Å². The molecule has 6 heteroatoms. The van der Waals surface area contributed by atoms with Crippen LogP contribution >= 0.6 is 0 Å². The number of aromatic nitrogens is 4. The number of fused-ring (bicyclic) bond motifs is 7. The van der Waals surface area contributed by atoms with Crippen LogP contribution in [0.15, 0.2) is 170 Å². The van der Waals surface area contributed by atoms with Crippen LogP contribution in [-0.2, 0) is 0 Å². The van der Waals surface area contributed by atoms with Crippen molar-refractivity contribution in [1.82, 2.24) is 19.1 Å². The number of benzene rings is 7. The summed E-state index contributed by atoms with van der Waals surface area (Å²) in [4.78, 5) is 9.97. The maximum Gasteiger partial charge on any atom is 0.160 e. The van der Waals surface area contributed by atoms with Crippen molar-refractivity contribution in [2.24, 2.45) is 0 Å². The second-order valence-corrected chi connectivity index (χ2v) is 12.9. The standard InChI is InChI=1S/C46H28F2N4/c47-32-21-24-36(48)43(27-32)52-40-18-10-8-16-35(40)45-42(52)26-25-41-44(45)34-15-7-9-17-39(34)51(41)33-22-19-30(20-23-33)38-28-37(29-11-3-1-4-12-29)49-46(50-38)31-13-5-2-6-14-31/h1-28H. The molecule has 0 aliphatic rings. The lowest BCUT2D eigenvalue weighted by Crippen LogP contribution is -1.98. The highest BCUT2D eigenvalue weighted by molar-refractivity contribution is 6.28. The SMILES string of the molecule is Fc1ccc(F)c(-n2c3ccccc3c3c4c5ccccc5n(-c5ccc(-c6cc(-c7ccccc7)nc(-c7ccccc7)n6)cc5)c4ccc32)c1. The molecule has 0 aliphatic heterocycles. The van der Waals surface area contributed by atoms with Gasteiger partial charge < -0.3 is 9.13 Å². The van der Waals surface area contributed by atoms with Gasteiger partial charge in [-0.1, -0.05) is 109 Å². The minimum Gasteiger partial charge on any atom is -0.309 e. The number of hydrogen-bond acceptors (Lipinski definition) is 2. The fraction of sp³-hybridized carbons (Fsp3) is 0. The summed E-state index contributed by atoms with van der Waals surface area (Å²) in [5.74, 6) is -0.301. The first-order valence-electron chi connectivity index (χ1n) is 17.1. The van der Waals surface area contributed by atoms with E-state index in [0.29, 0.717) is 5.82 Å². The van der Waals surface area contributed by atoms with Crippen LogP contribution in [0.3, 0.4) is 0 Å². The minimum absolute atomic E-state index is 0.181. The minimum atomic E-state index is -0.488. The lowest BCUT2D eigenvalue weighted by atomic mass is 10.1. The molecule has 0 fully saturated rings. The third kappa shape index (κ3) is 4.72. The number of para-hydroxylation sites is 2. The molecule has 0 radical (unpaired) electrons. The highest BCUT2D eigenvalue weighted by Crippen LogP contribution is 2.42. The van der Waals surface area contributed by atoms with Crippen LogP contribution in [0, 0.1) is 11.6 Å². The van der Waals surface area contributed by atoms with Gasteiger partial charge in [-0.15, -0.1) is 0 Å². The van der Waals surface area contributed by atoms with Gasteiger partial charge >= 0.3 is 0 Å². The molecule has 3 aromatic heterocycles. The molecule has 0 saturated heterocycles. The van der Waals surface area contributed by atoms with Crippen LogP contribution in [0.2, 0.25) is 0 Å². The van der Waals surface area contributed by atoms with Gasteiger partial charge in [0.15, 0.2) is 5.82 Å². The van der Waals surface area contributed by atoms with Crippen molar-refractivity contribution in [2.45, 2.75) is 0 Å². The summed E-state index contributed by atoms with van der Waals surface area (Å²) < 4.78 is 34.0. The van der Waals surface area contributed by atoms with E-state index in [-0.39, 0.29) is 5.69 Å². The lowest BCUT2D eigenvalue weighted by Gasteiger charge is -2.12. The normalized spacial score (nSPS) is 11.7. The molecule has 0 N–H and O–H groups in total. The third-order valence-corrected chi connectivity index (χ3v) is 9.87. The summed E-state index contributed by atoms with van der Waals surface area (Å²) in [6.45, 7) is 0. The zero-order valence-corrected chi connectivity index (χ0v) is 27.7. The Hall–Kier alpha value is -6.92. The second kappa shape index (κ2) is 11.9. The van der Waals surface area contributed by atoms with Gasteiger partial charge in [0, 0.05) is 50.0 Å². The largest absolute Gasteiger partial charge is 0.309 e. The molecule has 0 unspecified atom stereocenters. The monoisotopic (exact) mass is 674 g/mol. The van der Waals surface area contributed by atoms with Crippen molar-refractivity contribution in [1.29, 1.82) is 0 Å². The van der Waals surface area contributed by atoms with Gasteiger partial charge in [-0.25, -0.2) is 18.7 Å². The Kier molecular flexibility index (Phi) is 6.83. The molecule has 0 bridgehead atoms. The Morgan fingerprint density at radius 1 is 0.404 bits per heavy atom. The first-order chi connectivity index (χ1) is 25.6. The van der Waals surface area contributed by atoms with Crippen LogP contribution in [0.25, 0.3) is 88.9 Å². The Bertz CT molecular complexity index is 2910. The van der Waals surface area contributed by atoms with Gasteiger partial charge in [0.2, 0.25) is 0 Å². The molecule has 10 rings (SSSR count). The fourth-order valence-corrected chi connectivity index (χ4v) is 7.56. The van der Waals surface area contributed by atoms with E-state index in [2.05, 4.69) is 65.2 Å². The van der Waals surface area contributed by atoms with Crippen LogP contribution in [0.4, 0.5) is 8.78 Å². The molecular formula is C46H28F2N4. The number of nitrogens with zero attached hydrogens (tertiary/aromatic N) is 4. The second-order valence-electron chi connectivity index (χ2n) is 12.9. The van der Waals surface area contributed by atoms with E-state index in [1.54, 1.807) is 0 Å². The van der Waals surface area contributed by atoms with E-state index in [1.807, 2.05) is 95.6 Å². The fourth-order valence-electron chi connectivity index (χ4n) is 7.56. The van der Waals surface area contributed by atoms with Gasteiger partial charge in [0.05, 0.1) is 39.1 Å². The van der Waals surface area contributed by atoms with Crippen LogP contribution in [-0.4, -0.2) is 19.1 Å². The van der Waals surface area contributed by atoms with Crippen molar-refractivity contribution in [3.05, 3.63) is 181 Å². The first-order valence-corrected chi connectivity index (χ1v) is 17.1. The molecule has 0 aliphatic carbocycles. The van der Waals surface area contributed by atoms with E-state index in [9.17, 15) is 4.39 Å². The molecule has 0 amide bonds. The third-order valence-electron chi connectivity index (χ3n) is 9.87. The highest BCUT2D eigenvalue weighted by atomic mass is 19.1. The Balaban J connectivity index is 1.17. The van der Waals surface area contributed by atoms with Crippen LogP contribution in [0.1, 0.15) is 0 Å². The first kappa shape index (κ1) is 29.9. The maximum absolute atomic E-state index is 15.4. The van der Waals surface area contributed by atoms with Gasteiger partial charge in [0.1, 0.15) is 11.6 Å². The predicted molar refractivity (Wildman–Crippen MR) is 207 cm³/mol. The Labute approximate surface area is 297 Å². The molecular weight excluding hydrogens is 647 g/mol. The number of halogens is 2. The van der Waals surface area contributed by atoms with Crippen molar-refractivity contribution in [3.63, 3.8) is 0 Å². The molecule has 52 heavy (non-hydrogen) atoms. The summed E-state index contributed by atoms with van der Waals surface area (Å²) in [7, 11) is 0. The molecule has 246 valence electrons. The summed E-state index contributed by atoms with van der Waals surface area (Å²) in [6, 6.07) is 54.7. The molecule has 7 aromatic carbocycles. The highest BCUT2D eigenvalue weighted by Gasteiger charge is 2.22. The predicted octanol–water partition coefficient (Wildman–Crippen LogP) is 11.9. The van der Waals surface area contributed by atoms with Gasteiger partial charge in [-0.3, -0.25) is 0 Å². The summed E-state index contributed by atoms with van der Waals surface area (Å²) >= 11 is 0. The smallest absolute Gasteiger partial charge is 0.160 e. The van der Waals surface area contributed by atoms with Crippen molar-refractivity contribution < 1.29 is 8.78 Å². The van der Waals surface area contributed by atoms with E-state index < -0.39 is 11.6 Å². The van der Waals surface area contributed by atoms with Crippen LogP contribution in [0.5, 0.6) is 0 Å². The van der Waals surface area contributed by atoms with E-state index >= 15 is 4.39 Å². The molecule has 10 aromatic rings. The lowest BCUT2D eigenvalue weighted by molar-refractivity contribution is 0.595. The number of hydrogen-bond donors (Lipinski definition) is 0. The van der Waals surface area contributed by atoms with Gasteiger partial charge in [0.25, 0.3) is 0 Å². The van der Waals surface area contributed by atoms with Crippen LogP contribution < -0.4 is 0 Å². The zero-order chi connectivity index (χ0) is 34.8. The molecule has 0 saturated carbocycles. The zero-order valence-electron chi connectivity index (χ0n) is 27.7. The van der Waals surface area contributed by atoms with E-state index in [0.717, 1.165) is 83.4 Å². The van der Waals surface area contributed by atoms with E-state index in [1.165, 1.54) is 12.1 Å².